The van der Waals surface area contributed by atoms with Crippen LogP contribution in [0.5, 0.6) is 5.88 Å². The lowest BCUT2D eigenvalue weighted by atomic mass is 10.1. The Balaban J connectivity index is 1.92. The zero-order valence-electron chi connectivity index (χ0n) is 14.2. The zero-order chi connectivity index (χ0) is 16.8. The maximum atomic E-state index is 5.18. The molecule has 0 saturated heterocycles. The molecule has 4 rings (SSSR count). The Bertz CT molecular complexity index is 1040. The van der Waals surface area contributed by atoms with E-state index in [1.54, 1.807) is 7.11 Å². The van der Waals surface area contributed by atoms with E-state index in [1.165, 1.54) is 0 Å². The number of hydrogen-bond acceptors (Lipinski definition) is 4. The quantitative estimate of drug-likeness (QED) is 0.622. The number of ether oxygens (including phenoxy) is 1. The topological polar surface area (TPSA) is 68.6 Å². The van der Waals surface area contributed by atoms with Gasteiger partial charge in [-0.25, -0.2) is 4.98 Å². The molecule has 0 aliphatic carbocycles. The second-order valence-electron chi connectivity index (χ2n) is 6.13. The number of imidazole rings is 1. The molecule has 6 heteroatoms. The molecule has 6 nitrogen and oxygen atoms in total. The highest BCUT2D eigenvalue weighted by atomic mass is 16.5. The molecule has 0 bridgehead atoms. The highest BCUT2D eigenvalue weighted by Gasteiger charge is 2.14. The number of aromatic nitrogens is 5. The van der Waals surface area contributed by atoms with Crippen molar-refractivity contribution in [2.24, 2.45) is 0 Å². The number of rotatable bonds is 3. The molecule has 0 amide bonds. The van der Waals surface area contributed by atoms with Gasteiger partial charge in [-0.05, 0) is 32.9 Å². The molecule has 0 unspecified atom stereocenters. The third-order valence-corrected chi connectivity index (χ3v) is 4.27. The van der Waals surface area contributed by atoms with E-state index in [1.807, 2.05) is 31.5 Å². The van der Waals surface area contributed by atoms with Crippen LogP contribution in [0.15, 0.2) is 30.6 Å². The van der Waals surface area contributed by atoms with E-state index in [2.05, 4.69) is 44.4 Å². The minimum absolute atomic E-state index is 0.346. The van der Waals surface area contributed by atoms with Crippen molar-refractivity contribution in [3.8, 4) is 17.1 Å². The van der Waals surface area contributed by atoms with Gasteiger partial charge in [0.15, 0.2) is 0 Å². The molecule has 0 saturated carbocycles. The summed E-state index contributed by atoms with van der Waals surface area (Å²) in [6.45, 7) is 6.35. The van der Waals surface area contributed by atoms with E-state index in [4.69, 9.17) is 4.74 Å². The van der Waals surface area contributed by atoms with Crippen LogP contribution in [0.4, 0.5) is 0 Å². The Morgan fingerprint density at radius 2 is 2.04 bits per heavy atom. The Morgan fingerprint density at radius 1 is 1.21 bits per heavy atom. The summed E-state index contributed by atoms with van der Waals surface area (Å²) in [4.78, 5) is 16.8. The fourth-order valence-corrected chi connectivity index (χ4v) is 3.23. The van der Waals surface area contributed by atoms with Gasteiger partial charge in [0.25, 0.3) is 0 Å². The minimum Gasteiger partial charge on any atom is -0.481 e. The molecule has 122 valence electrons. The van der Waals surface area contributed by atoms with E-state index in [0.29, 0.717) is 11.9 Å². The molecule has 0 atom stereocenters. The third-order valence-electron chi connectivity index (χ3n) is 4.27. The Morgan fingerprint density at radius 3 is 2.79 bits per heavy atom. The Hall–Kier alpha value is -2.89. The summed E-state index contributed by atoms with van der Waals surface area (Å²) in [7, 11) is 1.61. The van der Waals surface area contributed by atoms with Crippen molar-refractivity contribution in [2.75, 3.05) is 7.11 Å². The lowest BCUT2D eigenvalue weighted by Gasteiger charge is -2.11. The van der Waals surface area contributed by atoms with Crippen LogP contribution in [-0.4, -0.2) is 31.6 Å². The smallest absolute Gasteiger partial charge is 0.214 e. The van der Waals surface area contributed by atoms with Gasteiger partial charge < -0.3 is 14.3 Å². The fraction of sp³-hybridized carbons (Fsp3) is 0.278. The van der Waals surface area contributed by atoms with Crippen LogP contribution < -0.4 is 4.74 Å². The Labute approximate surface area is 139 Å². The average molecular weight is 321 g/mol. The second-order valence-corrected chi connectivity index (χ2v) is 6.13. The third kappa shape index (κ3) is 2.14. The van der Waals surface area contributed by atoms with Gasteiger partial charge in [-0.15, -0.1) is 0 Å². The van der Waals surface area contributed by atoms with Gasteiger partial charge in [-0.1, -0.05) is 0 Å². The maximum Gasteiger partial charge on any atom is 0.214 e. The van der Waals surface area contributed by atoms with E-state index < -0.39 is 0 Å². The number of aryl methyl sites for hydroxylation is 1. The lowest BCUT2D eigenvalue weighted by Crippen LogP contribution is -2.02. The largest absolute Gasteiger partial charge is 0.481 e. The number of nitrogens with one attached hydrogen (secondary N) is 1. The molecular weight excluding hydrogens is 302 g/mol. The average Bonchev–Trinajstić information content (AvgIpc) is 3.13. The number of pyridine rings is 2. The summed E-state index contributed by atoms with van der Waals surface area (Å²) in [5.74, 6) is 1.59. The van der Waals surface area contributed by atoms with Crippen LogP contribution in [0, 0.1) is 6.92 Å². The van der Waals surface area contributed by atoms with Crippen LogP contribution in [0.25, 0.3) is 33.3 Å². The van der Waals surface area contributed by atoms with E-state index in [9.17, 15) is 0 Å². The van der Waals surface area contributed by atoms with Crippen molar-refractivity contribution in [1.82, 2.24) is 24.5 Å². The molecule has 4 aromatic rings. The van der Waals surface area contributed by atoms with Crippen LogP contribution in [0.2, 0.25) is 0 Å². The van der Waals surface area contributed by atoms with Crippen molar-refractivity contribution >= 4 is 22.1 Å². The van der Waals surface area contributed by atoms with Gasteiger partial charge in [0.2, 0.25) is 5.88 Å². The molecule has 4 aromatic heterocycles. The van der Waals surface area contributed by atoms with Crippen molar-refractivity contribution in [3.05, 3.63) is 36.4 Å². The van der Waals surface area contributed by atoms with Crippen LogP contribution in [0.1, 0.15) is 25.7 Å². The predicted octanol–water partition coefficient (Wildman–Crippen LogP) is 3.87. The van der Waals surface area contributed by atoms with Gasteiger partial charge >= 0.3 is 0 Å². The maximum absolute atomic E-state index is 5.18. The predicted molar refractivity (Wildman–Crippen MR) is 94.3 cm³/mol. The van der Waals surface area contributed by atoms with Crippen molar-refractivity contribution in [3.63, 3.8) is 0 Å². The molecule has 0 fully saturated rings. The van der Waals surface area contributed by atoms with Gasteiger partial charge in [0.05, 0.1) is 24.5 Å². The first-order valence-corrected chi connectivity index (χ1v) is 7.95. The van der Waals surface area contributed by atoms with Crippen LogP contribution in [-0.2, 0) is 0 Å². The SMILES string of the molecule is COc1ccc2c(-c3cc4c(cn3)nc(C)n4C(C)C)c[nH]c2n1. The first kappa shape index (κ1) is 14.7. The van der Waals surface area contributed by atoms with Gasteiger partial charge in [-0.2, -0.15) is 4.98 Å². The molecule has 0 radical (unpaired) electrons. The van der Waals surface area contributed by atoms with E-state index in [-0.39, 0.29) is 0 Å². The molecular formula is C18H19N5O. The standard InChI is InChI=1S/C18H19N5O/c1-10(2)23-11(3)21-15-9-19-14(7-16(15)23)13-8-20-18-12(13)5-6-17(22-18)24-4/h5-10H,1-4H3,(H,20,22). The highest BCUT2D eigenvalue weighted by Crippen LogP contribution is 2.30. The first-order valence-electron chi connectivity index (χ1n) is 7.95. The fourth-order valence-electron chi connectivity index (χ4n) is 3.23. The lowest BCUT2D eigenvalue weighted by molar-refractivity contribution is 0.399. The summed E-state index contributed by atoms with van der Waals surface area (Å²) in [6.07, 6.45) is 3.78. The van der Waals surface area contributed by atoms with Crippen LogP contribution in [0.3, 0.4) is 0 Å². The van der Waals surface area contributed by atoms with Gasteiger partial charge in [0.1, 0.15) is 17.0 Å². The Kier molecular flexibility index (Phi) is 3.26. The molecule has 1 N–H and O–H groups in total. The van der Waals surface area contributed by atoms with Crippen molar-refractivity contribution < 1.29 is 4.74 Å². The van der Waals surface area contributed by atoms with Gasteiger partial charge in [-0.3, -0.25) is 4.98 Å². The van der Waals surface area contributed by atoms with E-state index in [0.717, 1.165) is 39.1 Å². The van der Waals surface area contributed by atoms with Crippen LogP contribution >= 0.6 is 0 Å². The zero-order valence-corrected chi connectivity index (χ0v) is 14.2. The number of nitrogens with zero attached hydrogens (tertiary/aromatic N) is 4. The van der Waals surface area contributed by atoms with Crippen molar-refractivity contribution in [1.29, 1.82) is 0 Å². The molecule has 0 spiro atoms. The molecule has 0 aliphatic heterocycles. The molecule has 4 heterocycles. The summed E-state index contributed by atoms with van der Waals surface area (Å²) >= 11 is 0. The molecule has 24 heavy (non-hydrogen) atoms. The van der Waals surface area contributed by atoms with Gasteiger partial charge in [0, 0.05) is 29.3 Å². The number of methoxy groups -OCH3 is 1. The summed E-state index contributed by atoms with van der Waals surface area (Å²) < 4.78 is 7.41. The minimum atomic E-state index is 0.346. The number of fused-ring (bicyclic) bond motifs is 2. The number of aromatic amines is 1. The monoisotopic (exact) mass is 321 g/mol. The number of hydrogen-bond donors (Lipinski definition) is 1. The highest BCUT2D eigenvalue weighted by molar-refractivity contribution is 5.94. The summed E-state index contributed by atoms with van der Waals surface area (Å²) in [5, 5.41) is 1.02. The normalized spacial score (nSPS) is 11.7. The summed E-state index contributed by atoms with van der Waals surface area (Å²) in [6, 6.07) is 6.31. The van der Waals surface area contributed by atoms with Crippen molar-refractivity contribution in [2.45, 2.75) is 26.8 Å². The second kappa shape index (κ2) is 5.33. The first-order chi connectivity index (χ1) is 11.6. The molecule has 0 aliphatic rings. The molecule has 0 aromatic carbocycles. The number of H-pyrrole nitrogens is 1. The summed E-state index contributed by atoms with van der Waals surface area (Å²) in [5.41, 5.74) is 4.74. The van der Waals surface area contributed by atoms with E-state index >= 15 is 0 Å².